The van der Waals surface area contributed by atoms with E-state index < -0.39 is 0 Å². The fraction of sp³-hybridized carbons (Fsp3) is 1.00. The third-order valence-corrected chi connectivity index (χ3v) is 3.51. The maximum Gasteiger partial charge on any atom is 0.0747 e. The van der Waals surface area contributed by atoms with Crippen molar-refractivity contribution in [3.05, 3.63) is 0 Å². The highest BCUT2D eigenvalue weighted by atomic mass is 16.5. The Kier molecular flexibility index (Phi) is 5.73. The molecule has 0 aromatic carbocycles. The zero-order valence-corrected chi connectivity index (χ0v) is 11.3. The fourth-order valence-corrected chi connectivity index (χ4v) is 2.68. The normalized spacial score (nSPS) is 27.9. The van der Waals surface area contributed by atoms with Crippen molar-refractivity contribution in [2.75, 3.05) is 13.1 Å². The molecule has 3 nitrogen and oxygen atoms in total. The summed E-state index contributed by atoms with van der Waals surface area (Å²) < 4.78 is 5.97. The number of nitrogens with two attached hydrogens (primary N) is 1. The maximum absolute atomic E-state index is 5.97. The molecule has 0 saturated carbocycles. The monoisotopic (exact) mass is 228 g/mol. The van der Waals surface area contributed by atoms with Crippen molar-refractivity contribution in [3.63, 3.8) is 0 Å². The number of hydrogen-bond acceptors (Lipinski definition) is 3. The molecule has 2 N–H and O–H groups in total. The highest BCUT2D eigenvalue weighted by molar-refractivity contribution is 4.87. The van der Waals surface area contributed by atoms with Crippen LogP contribution in [0.2, 0.25) is 0 Å². The predicted octanol–water partition coefficient (Wildman–Crippen LogP) is 2.00. The van der Waals surface area contributed by atoms with Gasteiger partial charge in [0.2, 0.25) is 0 Å². The molecule has 0 aromatic rings. The van der Waals surface area contributed by atoms with E-state index >= 15 is 0 Å². The molecule has 3 atom stereocenters. The Balaban J connectivity index is 2.62. The van der Waals surface area contributed by atoms with Crippen LogP contribution >= 0.6 is 0 Å². The highest BCUT2D eigenvalue weighted by Crippen LogP contribution is 2.25. The van der Waals surface area contributed by atoms with Crippen LogP contribution < -0.4 is 5.73 Å². The molecule has 0 amide bonds. The van der Waals surface area contributed by atoms with Gasteiger partial charge in [0.25, 0.3) is 0 Å². The van der Waals surface area contributed by atoms with Crippen LogP contribution in [0.15, 0.2) is 0 Å². The minimum absolute atomic E-state index is 0.342. The summed E-state index contributed by atoms with van der Waals surface area (Å²) in [5.74, 6) is 0. The van der Waals surface area contributed by atoms with Gasteiger partial charge in [0.15, 0.2) is 0 Å². The molecule has 1 fully saturated rings. The summed E-state index contributed by atoms with van der Waals surface area (Å²) >= 11 is 0. The van der Waals surface area contributed by atoms with E-state index in [1.54, 1.807) is 0 Å². The molecule has 1 heterocycles. The van der Waals surface area contributed by atoms with Crippen molar-refractivity contribution >= 4 is 0 Å². The average molecular weight is 228 g/mol. The average Bonchev–Trinajstić information content (AvgIpc) is 2.64. The molecule has 3 heteroatoms. The number of nitrogens with zero attached hydrogens (tertiary/aromatic N) is 1. The van der Waals surface area contributed by atoms with Crippen molar-refractivity contribution in [1.29, 1.82) is 0 Å². The summed E-state index contributed by atoms with van der Waals surface area (Å²) in [6, 6.07) is 0.943. The number of hydrogen-bond donors (Lipinski definition) is 1. The second-order valence-electron chi connectivity index (χ2n) is 5.20. The first-order valence-corrected chi connectivity index (χ1v) is 6.71. The van der Waals surface area contributed by atoms with Crippen LogP contribution in [0.25, 0.3) is 0 Å². The van der Waals surface area contributed by atoms with E-state index in [1.165, 1.54) is 12.8 Å². The van der Waals surface area contributed by atoms with Crippen LogP contribution in [-0.4, -0.2) is 42.3 Å². The molecule has 1 rings (SSSR count). The lowest BCUT2D eigenvalue weighted by Crippen LogP contribution is -2.51. The quantitative estimate of drug-likeness (QED) is 0.755. The molecule has 0 aromatic heterocycles. The van der Waals surface area contributed by atoms with E-state index in [0.717, 1.165) is 13.0 Å². The SMILES string of the molecule is CCCN(C(C)C)C(CN)C1CCC(C)O1. The summed E-state index contributed by atoms with van der Waals surface area (Å²) in [6.45, 7) is 10.7. The lowest BCUT2D eigenvalue weighted by atomic mass is 10.0. The molecule has 0 radical (unpaired) electrons. The minimum atomic E-state index is 0.342. The van der Waals surface area contributed by atoms with Crippen LogP contribution in [0.5, 0.6) is 0 Å². The van der Waals surface area contributed by atoms with Gasteiger partial charge in [-0.15, -0.1) is 0 Å². The molecular weight excluding hydrogens is 200 g/mol. The van der Waals surface area contributed by atoms with E-state index in [4.69, 9.17) is 10.5 Å². The fourth-order valence-electron chi connectivity index (χ4n) is 2.68. The minimum Gasteiger partial charge on any atom is -0.374 e. The van der Waals surface area contributed by atoms with Gasteiger partial charge in [0.05, 0.1) is 12.2 Å². The van der Waals surface area contributed by atoms with Gasteiger partial charge < -0.3 is 10.5 Å². The van der Waals surface area contributed by atoms with Gasteiger partial charge in [0, 0.05) is 18.6 Å². The lowest BCUT2D eigenvalue weighted by Gasteiger charge is -2.37. The Hall–Kier alpha value is -0.120. The summed E-state index contributed by atoms with van der Waals surface area (Å²) in [5, 5.41) is 0. The van der Waals surface area contributed by atoms with Crippen molar-refractivity contribution in [2.24, 2.45) is 5.73 Å². The molecule has 1 saturated heterocycles. The molecule has 1 aliphatic heterocycles. The zero-order chi connectivity index (χ0) is 12.1. The second-order valence-corrected chi connectivity index (χ2v) is 5.20. The highest BCUT2D eigenvalue weighted by Gasteiger charge is 2.33. The third-order valence-electron chi connectivity index (χ3n) is 3.51. The zero-order valence-electron chi connectivity index (χ0n) is 11.3. The van der Waals surface area contributed by atoms with Gasteiger partial charge in [-0.2, -0.15) is 0 Å². The molecule has 0 aliphatic carbocycles. The molecular formula is C13H28N2O. The van der Waals surface area contributed by atoms with Crippen LogP contribution in [0.3, 0.4) is 0 Å². The Bertz CT molecular complexity index is 196. The van der Waals surface area contributed by atoms with E-state index in [-0.39, 0.29) is 0 Å². The van der Waals surface area contributed by atoms with Crippen molar-refractivity contribution in [3.8, 4) is 0 Å². The van der Waals surface area contributed by atoms with Gasteiger partial charge in [-0.3, -0.25) is 4.90 Å². The van der Waals surface area contributed by atoms with Crippen LogP contribution in [0.4, 0.5) is 0 Å². The summed E-state index contributed by atoms with van der Waals surface area (Å²) in [6.07, 6.45) is 4.27. The van der Waals surface area contributed by atoms with Gasteiger partial charge in [-0.25, -0.2) is 0 Å². The molecule has 16 heavy (non-hydrogen) atoms. The molecule has 96 valence electrons. The number of ether oxygens (including phenoxy) is 1. The van der Waals surface area contributed by atoms with Gasteiger partial charge in [-0.1, -0.05) is 6.92 Å². The van der Waals surface area contributed by atoms with Gasteiger partial charge in [0.1, 0.15) is 0 Å². The molecule has 0 bridgehead atoms. The Morgan fingerprint density at radius 3 is 2.44 bits per heavy atom. The molecule has 1 aliphatic rings. The molecule has 3 unspecified atom stereocenters. The maximum atomic E-state index is 5.97. The van der Waals surface area contributed by atoms with Crippen LogP contribution in [0, 0.1) is 0 Å². The number of rotatable bonds is 6. The first kappa shape index (κ1) is 13.9. The smallest absolute Gasteiger partial charge is 0.0747 e. The standard InChI is InChI=1S/C13H28N2O/c1-5-8-15(10(2)3)12(9-14)13-7-6-11(4)16-13/h10-13H,5-9,14H2,1-4H3. The van der Waals surface area contributed by atoms with Crippen LogP contribution in [0.1, 0.15) is 47.0 Å². The molecule has 0 spiro atoms. The van der Waals surface area contributed by atoms with Crippen molar-refractivity contribution in [1.82, 2.24) is 4.90 Å². The van der Waals surface area contributed by atoms with Crippen LogP contribution in [-0.2, 0) is 4.74 Å². The van der Waals surface area contributed by atoms with Gasteiger partial charge in [-0.05, 0) is 46.6 Å². The Morgan fingerprint density at radius 2 is 2.06 bits per heavy atom. The van der Waals surface area contributed by atoms with Gasteiger partial charge >= 0.3 is 0 Å². The van der Waals surface area contributed by atoms with E-state index in [0.29, 0.717) is 30.8 Å². The first-order valence-electron chi connectivity index (χ1n) is 6.71. The summed E-state index contributed by atoms with van der Waals surface area (Å²) in [5.41, 5.74) is 5.95. The van der Waals surface area contributed by atoms with E-state index in [1.807, 2.05) is 0 Å². The predicted molar refractivity (Wildman–Crippen MR) is 68.5 cm³/mol. The second kappa shape index (κ2) is 6.58. The summed E-state index contributed by atoms with van der Waals surface area (Å²) in [7, 11) is 0. The Labute approximate surface area is 100 Å². The topological polar surface area (TPSA) is 38.5 Å². The van der Waals surface area contributed by atoms with E-state index in [9.17, 15) is 0 Å². The third kappa shape index (κ3) is 3.44. The Morgan fingerprint density at radius 1 is 1.38 bits per heavy atom. The lowest BCUT2D eigenvalue weighted by molar-refractivity contribution is -0.0135. The largest absolute Gasteiger partial charge is 0.374 e. The van der Waals surface area contributed by atoms with Crippen molar-refractivity contribution in [2.45, 2.75) is 71.2 Å². The first-order chi connectivity index (χ1) is 7.60. The van der Waals surface area contributed by atoms with Crippen molar-refractivity contribution < 1.29 is 4.74 Å². The summed E-state index contributed by atoms with van der Waals surface area (Å²) in [4.78, 5) is 2.50. The van der Waals surface area contributed by atoms with E-state index in [2.05, 4.69) is 32.6 Å².